The second kappa shape index (κ2) is 7.74. The third-order valence-electron chi connectivity index (χ3n) is 5.23. The summed E-state index contributed by atoms with van der Waals surface area (Å²) in [4.78, 5) is 0. The van der Waals surface area contributed by atoms with Gasteiger partial charge in [-0.15, -0.1) is 12.0 Å². The Morgan fingerprint density at radius 3 is 2.38 bits per heavy atom. The molecule has 0 nitrogen and oxygen atoms in total. The van der Waals surface area contributed by atoms with Gasteiger partial charge < -0.3 is 30.5 Å². The predicted molar refractivity (Wildman–Crippen MR) is 73.5 cm³/mol. The molecule has 3 fully saturated rings. The van der Waals surface area contributed by atoms with Crippen molar-refractivity contribution in [2.24, 2.45) is 17.3 Å². The third kappa shape index (κ3) is 3.33. The van der Waals surface area contributed by atoms with E-state index in [0.29, 0.717) is 5.41 Å². The zero-order valence-electron chi connectivity index (χ0n) is 12.2. The summed E-state index contributed by atoms with van der Waals surface area (Å²) in [5.74, 6) is 3.69. The van der Waals surface area contributed by atoms with E-state index >= 15 is 0 Å². The van der Waals surface area contributed by atoms with Crippen LogP contribution in [0, 0.1) is 29.2 Å². The molecule has 0 heterocycles. The van der Waals surface area contributed by atoms with Crippen LogP contribution in [0.1, 0.15) is 44.9 Å². The Morgan fingerprint density at radius 2 is 1.95 bits per heavy atom. The van der Waals surface area contributed by atoms with Crippen molar-refractivity contribution in [2.45, 2.75) is 44.9 Å². The van der Waals surface area contributed by atoms with Gasteiger partial charge in [-0.25, -0.2) is 18.2 Å². The van der Waals surface area contributed by atoms with Crippen LogP contribution in [0.2, 0.25) is 0 Å². The number of halogens is 2. The van der Waals surface area contributed by atoms with E-state index in [1.807, 2.05) is 12.2 Å². The van der Waals surface area contributed by atoms with Gasteiger partial charge in [-0.3, -0.25) is 6.08 Å². The van der Waals surface area contributed by atoms with Crippen LogP contribution in [0.3, 0.4) is 0 Å². The zero-order chi connectivity index (χ0) is 12.0. The first-order chi connectivity index (χ1) is 8.93. The molecule has 0 bridgehead atoms. The van der Waals surface area contributed by atoms with E-state index < -0.39 is 0 Å². The molecule has 3 saturated carbocycles. The van der Waals surface area contributed by atoms with E-state index in [1.165, 1.54) is 38.5 Å². The van der Waals surface area contributed by atoms with Gasteiger partial charge in [0.15, 0.2) is 0 Å². The molecule has 5 rings (SSSR count). The van der Waals surface area contributed by atoms with Crippen LogP contribution in [0.5, 0.6) is 0 Å². The predicted octanol–water partition coefficient (Wildman–Crippen LogP) is -1.43. The van der Waals surface area contributed by atoms with Crippen molar-refractivity contribution in [1.82, 2.24) is 0 Å². The van der Waals surface area contributed by atoms with Crippen LogP contribution in [-0.4, -0.2) is 0 Å². The Morgan fingerprint density at radius 1 is 1.19 bits per heavy atom. The summed E-state index contributed by atoms with van der Waals surface area (Å²) in [6.45, 7) is 0. The van der Waals surface area contributed by atoms with Gasteiger partial charge in [0.2, 0.25) is 0 Å². The van der Waals surface area contributed by atoms with Gasteiger partial charge in [0, 0.05) is 0 Å². The monoisotopic (exact) mass is 396 g/mol. The van der Waals surface area contributed by atoms with Gasteiger partial charge in [0.25, 0.3) is 0 Å². The fourth-order valence-electron chi connectivity index (χ4n) is 4.01. The SMILES string of the molecule is C1=C[C-]2C3CC23C=1C1CCCCC1.[C-]1=CC=CC1.[Cl-].[Cl-].[Zr+4]. The molecule has 3 heteroatoms. The first-order valence-electron chi connectivity index (χ1n) is 7.49. The first kappa shape index (κ1) is 19.4. The van der Waals surface area contributed by atoms with E-state index in [2.05, 4.69) is 24.0 Å². The van der Waals surface area contributed by atoms with Crippen LogP contribution in [0.4, 0.5) is 0 Å². The van der Waals surface area contributed by atoms with Crippen LogP contribution >= 0.6 is 0 Å². The van der Waals surface area contributed by atoms with Crippen molar-refractivity contribution in [2.75, 3.05) is 0 Å². The molecule has 0 amide bonds. The van der Waals surface area contributed by atoms with E-state index in [4.69, 9.17) is 0 Å². The molecule has 21 heavy (non-hydrogen) atoms. The normalized spacial score (nSPS) is 32.5. The van der Waals surface area contributed by atoms with Crippen LogP contribution in [-0.2, 0) is 26.2 Å². The molecule has 5 aliphatic rings. The Bertz CT molecular complexity index is 471. The summed E-state index contributed by atoms with van der Waals surface area (Å²) in [5, 5.41) is 0. The average molecular weight is 398 g/mol. The molecule has 5 aliphatic carbocycles. The summed E-state index contributed by atoms with van der Waals surface area (Å²) in [7, 11) is 0. The summed E-state index contributed by atoms with van der Waals surface area (Å²) in [5.41, 5.74) is 5.96. The maximum Gasteiger partial charge on any atom is 4.00 e. The largest absolute Gasteiger partial charge is 4.00 e. The van der Waals surface area contributed by atoms with Gasteiger partial charge in [-0.1, -0.05) is 37.0 Å². The maximum absolute atomic E-state index is 3.56. The molecule has 0 aromatic heterocycles. The summed E-state index contributed by atoms with van der Waals surface area (Å²) in [6.07, 6.45) is 21.1. The number of allylic oxidation sites excluding steroid dienone is 5. The van der Waals surface area contributed by atoms with Crippen molar-refractivity contribution < 1.29 is 51.0 Å². The minimum Gasteiger partial charge on any atom is -1.00 e. The second-order valence-electron chi connectivity index (χ2n) is 6.22. The second-order valence-corrected chi connectivity index (χ2v) is 6.22. The molecule has 0 radical (unpaired) electrons. The topological polar surface area (TPSA) is 0 Å². The van der Waals surface area contributed by atoms with Gasteiger partial charge in [0.1, 0.15) is 0 Å². The Hall–Kier alpha value is 0.333. The molecular formula is C18H20Cl2Zr. The molecule has 2 unspecified atom stereocenters. The maximum atomic E-state index is 3.56. The molecule has 0 aliphatic heterocycles. The zero-order valence-corrected chi connectivity index (χ0v) is 16.1. The molecule has 110 valence electrons. The average Bonchev–Trinajstić information content (AvgIpc) is 3.08. The van der Waals surface area contributed by atoms with Crippen molar-refractivity contribution in [3.05, 3.63) is 47.6 Å². The molecular weight excluding hydrogens is 378 g/mol. The smallest absolute Gasteiger partial charge is 1.00 e. The van der Waals surface area contributed by atoms with Crippen LogP contribution in [0.15, 0.2) is 35.6 Å². The van der Waals surface area contributed by atoms with Crippen molar-refractivity contribution in [3.8, 4) is 0 Å². The molecule has 0 aromatic rings. The minimum atomic E-state index is 0. The number of hydrogen-bond acceptors (Lipinski definition) is 0. The van der Waals surface area contributed by atoms with Crippen LogP contribution in [0.25, 0.3) is 0 Å². The van der Waals surface area contributed by atoms with Crippen molar-refractivity contribution in [1.29, 1.82) is 0 Å². The Labute approximate surface area is 160 Å². The van der Waals surface area contributed by atoms with Gasteiger partial charge in [-0.05, 0) is 18.8 Å². The summed E-state index contributed by atoms with van der Waals surface area (Å²) >= 11 is 0. The number of fused-ring (bicyclic) bond motifs is 1. The molecule has 0 aromatic carbocycles. The van der Waals surface area contributed by atoms with Gasteiger partial charge in [0.05, 0.1) is 0 Å². The Kier molecular flexibility index (Phi) is 7.14. The van der Waals surface area contributed by atoms with E-state index in [0.717, 1.165) is 18.3 Å². The van der Waals surface area contributed by atoms with Crippen molar-refractivity contribution >= 4 is 0 Å². The first-order valence-corrected chi connectivity index (χ1v) is 7.49. The van der Waals surface area contributed by atoms with Gasteiger partial charge >= 0.3 is 26.2 Å². The molecule has 1 spiro atoms. The van der Waals surface area contributed by atoms with Crippen molar-refractivity contribution in [3.63, 3.8) is 0 Å². The van der Waals surface area contributed by atoms with Gasteiger partial charge in [-0.2, -0.15) is 12.0 Å². The van der Waals surface area contributed by atoms with E-state index in [1.54, 1.807) is 11.5 Å². The quantitative estimate of drug-likeness (QED) is 0.375. The fourth-order valence-corrected chi connectivity index (χ4v) is 4.01. The molecule has 2 atom stereocenters. The number of hydrogen-bond donors (Lipinski definition) is 0. The summed E-state index contributed by atoms with van der Waals surface area (Å²) in [6, 6.07) is 0. The Balaban J connectivity index is 0.000000243. The number of rotatable bonds is 1. The standard InChI is InChI=1S/C13H15.C5H5.2ClH.Zr/c1-2-4-9(5-3-1)10-6-7-11-12-8-13(10,11)12;1-2-4-5-3-1;;;/h7,9,12H,1-5,8H2;1-3H,4H2;2*1H;/q2*-1;;;+4/p-2. The molecule has 0 saturated heterocycles. The minimum absolute atomic E-state index is 0. The van der Waals surface area contributed by atoms with E-state index in [9.17, 15) is 0 Å². The van der Waals surface area contributed by atoms with Crippen LogP contribution < -0.4 is 24.8 Å². The van der Waals surface area contributed by atoms with E-state index in [-0.39, 0.29) is 51.0 Å². The summed E-state index contributed by atoms with van der Waals surface area (Å²) < 4.78 is 0. The third-order valence-corrected chi connectivity index (χ3v) is 5.23. The fraction of sp³-hybridized carbons (Fsp3) is 0.556. The molecule has 0 N–H and O–H groups in total.